The van der Waals surface area contributed by atoms with Gasteiger partial charge >= 0.3 is 0 Å². The van der Waals surface area contributed by atoms with Crippen molar-refractivity contribution in [2.24, 2.45) is 5.41 Å². The van der Waals surface area contributed by atoms with Crippen LogP contribution in [0.25, 0.3) is 0 Å². The number of rotatable bonds is 6. The highest BCUT2D eigenvalue weighted by molar-refractivity contribution is 5.33. The standard InChI is InChI=1S/C14H21NO/c1-3-16-13-7-5-4-6-12(13)10-15-11-14(2)8-9-14/h4-7,15H,3,8-11H2,1-2H3. The van der Waals surface area contributed by atoms with Crippen LogP contribution in [0.1, 0.15) is 32.3 Å². The van der Waals surface area contributed by atoms with E-state index in [1.54, 1.807) is 0 Å². The molecule has 0 aromatic heterocycles. The summed E-state index contributed by atoms with van der Waals surface area (Å²) in [5.41, 5.74) is 1.83. The van der Waals surface area contributed by atoms with E-state index >= 15 is 0 Å². The fourth-order valence-electron chi connectivity index (χ4n) is 1.84. The van der Waals surface area contributed by atoms with Gasteiger partial charge in [0, 0.05) is 18.7 Å². The third kappa shape index (κ3) is 2.99. The average Bonchev–Trinajstić information content (AvgIpc) is 3.00. The second-order valence-corrected chi connectivity index (χ2v) is 4.95. The van der Waals surface area contributed by atoms with Crippen molar-refractivity contribution in [3.05, 3.63) is 29.8 Å². The van der Waals surface area contributed by atoms with Crippen LogP contribution in [0.3, 0.4) is 0 Å². The van der Waals surface area contributed by atoms with Crippen LogP contribution in [0.5, 0.6) is 5.75 Å². The summed E-state index contributed by atoms with van der Waals surface area (Å²) in [6, 6.07) is 8.27. The Morgan fingerprint density at radius 1 is 1.31 bits per heavy atom. The van der Waals surface area contributed by atoms with E-state index in [0.717, 1.165) is 25.4 Å². The Labute approximate surface area is 98.0 Å². The van der Waals surface area contributed by atoms with Gasteiger partial charge in [0.1, 0.15) is 5.75 Å². The molecule has 2 nitrogen and oxygen atoms in total. The fourth-order valence-corrected chi connectivity index (χ4v) is 1.84. The molecule has 0 heterocycles. The van der Waals surface area contributed by atoms with Crippen molar-refractivity contribution >= 4 is 0 Å². The molecule has 2 heteroatoms. The Hall–Kier alpha value is -1.02. The van der Waals surface area contributed by atoms with Crippen molar-refractivity contribution < 1.29 is 4.74 Å². The van der Waals surface area contributed by atoms with Gasteiger partial charge in [0.25, 0.3) is 0 Å². The summed E-state index contributed by atoms with van der Waals surface area (Å²) in [5.74, 6) is 1.01. The molecule has 0 spiro atoms. The third-order valence-electron chi connectivity index (χ3n) is 3.24. The molecule has 0 radical (unpaired) electrons. The van der Waals surface area contributed by atoms with E-state index in [4.69, 9.17) is 4.74 Å². The maximum Gasteiger partial charge on any atom is 0.123 e. The van der Waals surface area contributed by atoms with Crippen LogP contribution < -0.4 is 10.1 Å². The van der Waals surface area contributed by atoms with E-state index < -0.39 is 0 Å². The number of nitrogens with one attached hydrogen (secondary N) is 1. The van der Waals surface area contributed by atoms with Crippen molar-refractivity contribution in [1.82, 2.24) is 5.32 Å². The van der Waals surface area contributed by atoms with Crippen LogP contribution in [-0.2, 0) is 6.54 Å². The molecule has 1 fully saturated rings. The van der Waals surface area contributed by atoms with Crippen molar-refractivity contribution in [2.45, 2.75) is 33.2 Å². The molecular formula is C14H21NO. The van der Waals surface area contributed by atoms with Gasteiger partial charge in [0.15, 0.2) is 0 Å². The van der Waals surface area contributed by atoms with Crippen LogP contribution >= 0.6 is 0 Å². The zero-order valence-electron chi connectivity index (χ0n) is 10.3. The molecule has 1 aliphatic rings. The smallest absolute Gasteiger partial charge is 0.123 e. The molecule has 0 saturated heterocycles. The quantitative estimate of drug-likeness (QED) is 0.794. The van der Waals surface area contributed by atoms with Gasteiger partial charge in [-0.25, -0.2) is 0 Å². The largest absolute Gasteiger partial charge is 0.494 e. The highest BCUT2D eigenvalue weighted by Gasteiger charge is 2.36. The van der Waals surface area contributed by atoms with Crippen LogP contribution in [0.2, 0.25) is 0 Å². The monoisotopic (exact) mass is 219 g/mol. The molecule has 1 aromatic rings. The molecule has 0 atom stereocenters. The number of hydrogen-bond donors (Lipinski definition) is 1. The van der Waals surface area contributed by atoms with Gasteiger partial charge in [-0.1, -0.05) is 25.1 Å². The Balaban J connectivity index is 1.87. The van der Waals surface area contributed by atoms with Gasteiger partial charge in [-0.15, -0.1) is 0 Å². The lowest BCUT2D eigenvalue weighted by molar-refractivity contribution is 0.335. The second-order valence-electron chi connectivity index (χ2n) is 4.95. The van der Waals surface area contributed by atoms with Gasteiger partial charge < -0.3 is 10.1 Å². The Morgan fingerprint density at radius 3 is 2.75 bits per heavy atom. The minimum absolute atomic E-state index is 0.570. The topological polar surface area (TPSA) is 21.3 Å². The first-order valence-corrected chi connectivity index (χ1v) is 6.15. The van der Waals surface area contributed by atoms with E-state index in [9.17, 15) is 0 Å². The predicted octanol–water partition coefficient (Wildman–Crippen LogP) is 2.98. The molecule has 0 unspecified atom stereocenters. The summed E-state index contributed by atoms with van der Waals surface area (Å²) < 4.78 is 5.60. The first kappa shape index (κ1) is 11.5. The van der Waals surface area contributed by atoms with Crippen molar-refractivity contribution in [2.75, 3.05) is 13.2 Å². The van der Waals surface area contributed by atoms with E-state index in [-0.39, 0.29) is 0 Å². The summed E-state index contributed by atoms with van der Waals surface area (Å²) >= 11 is 0. The molecular weight excluding hydrogens is 198 g/mol. The van der Waals surface area contributed by atoms with E-state index in [1.807, 2.05) is 19.1 Å². The molecule has 0 amide bonds. The summed E-state index contributed by atoms with van der Waals surface area (Å²) in [5, 5.41) is 3.52. The van der Waals surface area contributed by atoms with Crippen molar-refractivity contribution in [3.63, 3.8) is 0 Å². The maximum atomic E-state index is 5.60. The molecule has 0 aliphatic heterocycles. The fraction of sp³-hybridized carbons (Fsp3) is 0.571. The summed E-state index contributed by atoms with van der Waals surface area (Å²) in [6.45, 7) is 7.12. The first-order valence-electron chi connectivity index (χ1n) is 6.15. The highest BCUT2D eigenvalue weighted by Crippen LogP contribution is 2.44. The van der Waals surface area contributed by atoms with Crippen LogP contribution in [0.15, 0.2) is 24.3 Å². The SMILES string of the molecule is CCOc1ccccc1CNCC1(C)CC1. The zero-order chi connectivity index (χ0) is 11.4. The Morgan fingerprint density at radius 2 is 2.06 bits per heavy atom. The lowest BCUT2D eigenvalue weighted by atomic mass is 10.1. The number of para-hydroxylation sites is 1. The average molecular weight is 219 g/mol. The summed E-state index contributed by atoms with van der Waals surface area (Å²) in [4.78, 5) is 0. The van der Waals surface area contributed by atoms with Crippen LogP contribution in [0.4, 0.5) is 0 Å². The second kappa shape index (κ2) is 4.88. The number of ether oxygens (including phenoxy) is 1. The number of hydrogen-bond acceptors (Lipinski definition) is 2. The molecule has 1 N–H and O–H groups in total. The normalized spacial score (nSPS) is 17.1. The van der Waals surface area contributed by atoms with Gasteiger partial charge in [-0.3, -0.25) is 0 Å². The lowest BCUT2D eigenvalue weighted by Gasteiger charge is -2.13. The molecule has 16 heavy (non-hydrogen) atoms. The van der Waals surface area contributed by atoms with Gasteiger partial charge in [-0.05, 0) is 31.2 Å². The van der Waals surface area contributed by atoms with Crippen LogP contribution in [-0.4, -0.2) is 13.2 Å². The zero-order valence-corrected chi connectivity index (χ0v) is 10.3. The van der Waals surface area contributed by atoms with E-state index in [0.29, 0.717) is 5.41 Å². The summed E-state index contributed by atoms with van der Waals surface area (Å²) in [7, 11) is 0. The third-order valence-corrected chi connectivity index (χ3v) is 3.24. The maximum absolute atomic E-state index is 5.60. The van der Waals surface area contributed by atoms with Crippen molar-refractivity contribution in [1.29, 1.82) is 0 Å². The van der Waals surface area contributed by atoms with Gasteiger partial charge in [-0.2, -0.15) is 0 Å². The number of benzene rings is 1. The molecule has 0 bridgehead atoms. The molecule has 1 saturated carbocycles. The first-order chi connectivity index (χ1) is 7.73. The molecule has 1 aliphatic carbocycles. The van der Waals surface area contributed by atoms with Gasteiger partial charge in [0.05, 0.1) is 6.61 Å². The van der Waals surface area contributed by atoms with Crippen LogP contribution in [0, 0.1) is 5.41 Å². The van der Waals surface area contributed by atoms with E-state index in [1.165, 1.54) is 18.4 Å². The van der Waals surface area contributed by atoms with Gasteiger partial charge in [0.2, 0.25) is 0 Å². The molecule has 2 rings (SSSR count). The Bertz CT molecular complexity index is 344. The predicted molar refractivity (Wildman–Crippen MR) is 66.7 cm³/mol. The van der Waals surface area contributed by atoms with Crippen molar-refractivity contribution in [3.8, 4) is 5.75 Å². The lowest BCUT2D eigenvalue weighted by Crippen LogP contribution is -2.21. The minimum atomic E-state index is 0.570. The Kier molecular flexibility index (Phi) is 3.49. The molecule has 1 aromatic carbocycles. The summed E-state index contributed by atoms with van der Waals surface area (Å²) in [6.07, 6.45) is 2.74. The molecule has 88 valence electrons. The minimum Gasteiger partial charge on any atom is -0.494 e. The van der Waals surface area contributed by atoms with E-state index in [2.05, 4.69) is 24.4 Å². The highest BCUT2D eigenvalue weighted by atomic mass is 16.5.